The van der Waals surface area contributed by atoms with Gasteiger partial charge in [0.1, 0.15) is 12.4 Å². The van der Waals surface area contributed by atoms with Gasteiger partial charge in [0, 0.05) is 5.02 Å². The van der Waals surface area contributed by atoms with Crippen molar-refractivity contribution in [2.24, 2.45) is 5.84 Å². The summed E-state index contributed by atoms with van der Waals surface area (Å²) in [7, 11) is 0. The Hall–Kier alpha value is -1.85. The van der Waals surface area contributed by atoms with Gasteiger partial charge in [0.2, 0.25) is 0 Å². The molecule has 19 heavy (non-hydrogen) atoms. The second-order valence-corrected chi connectivity index (χ2v) is 4.63. The van der Waals surface area contributed by atoms with Crippen LogP contribution < -0.4 is 16.0 Å². The number of ether oxygens (including phenoxy) is 1. The molecule has 0 fully saturated rings. The van der Waals surface area contributed by atoms with Crippen LogP contribution in [0.2, 0.25) is 5.02 Å². The molecule has 0 aliphatic rings. The van der Waals surface area contributed by atoms with E-state index < -0.39 is 0 Å². The van der Waals surface area contributed by atoms with Crippen LogP contribution in [-0.4, -0.2) is 9.97 Å². The van der Waals surface area contributed by atoms with Crippen molar-refractivity contribution in [3.8, 4) is 5.75 Å². The van der Waals surface area contributed by atoms with Gasteiger partial charge in [0.15, 0.2) is 5.82 Å². The lowest BCUT2D eigenvalue weighted by Gasteiger charge is -2.12. The van der Waals surface area contributed by atoms with Crippen molar-refractivity contribution < 1.29 is 4.74 Å². The summed E-state index contributed by atoms with van der Waals surface area (Å²) < 4.78 is 5.77. The van der Waals surface area contributed by atoms with Gasteiger partial charge in [0.25, 0.3) is 0 Å². The molecule has 0 unspecified atom stereocenters. The van der Waals surface area contributed by atoms with E-state index in [1.807, 2.05) is 26.0 Å². The van der Waals surface area contributed by atoms with Gasteiger partial charge in [-0.05, 0) is 37.1 Å². The third kappa shape index (κ3) is 3.33. The predicted molar refractivity (Wildman–Crippen MR) is 75.1 cm³/mol. The number of hydrogen-bond acceptors (Lipinski definition) is 5. The highest BCUT2D eigenvalue weighted by atomic mass is 35.5. The lowest BCUT2D eigenvalue weighted by atomic mass is 10.1. The van der Waals surface area contributed by atoms with Crippen LogP contribution in [0, 0.1) is 13.8 Å². The van der Waals surface area contributed by atoms with Gasteiger partial charge in [0.05, 0.1) is 18.1 Å². The van der Waals surface area contributed by atoms with E-state index in [9.17, 15) is 0 Å². The quantitative estimate of drug-likeness (QED) is 0.664. The van der Waals surface area contributed by atoms with E-state index in [2.05, 4.69) is 15.4 Å². The fourth-order valence-corrected chi connectivity index (χ4v) is 2.10. The van der Waals surface area contributed by atoms with Gasteiger partial charge in [-0.15, -0.1) is 0 Å². The number of hydrazine groups is 1. The number of aryl methyl sites for hydroxylation is 2. The molecular formula is C13H15ClN4O. The molecule has 0 saturated carbocycles. The van der Waals surface area contributed by atoms with Crippen LogP contribution in [0.5, 0.6) is 5.75 Å². The molecule has 0 spiro atoms. The first-order valence-corrected chi connectivity index (χ1v) is 6.15. The fourth-order valence-electron chi connectivity index (χ4n) is 1.78. The standard InChI is InChI=1S/C13H15ClN4O/c1-8-3-10(14)4-9(2)13(8)19-7-11-5-17-12(18-15)6-16-11/h3-6H,7,15H2,1-2H3,(H,17,18). The van der Waals surface area contributed by atoms with Crippen molar-refractivity contribution in [2.45, 2.75) is 20.5 Å². The third-order valence-corrected chi connectivity index (χ3v) is 2.86. The minimum atomic E-state index is 0.348. The first kappa shape index (κ1) is 13.6. The van der Waals surface area contributed by atoms with Gasteiger partial charge in [-0.1, -0.05) is 11.6 Å². The predicted octanol–water partition coefficient (Wildman–Crippen LogP) is 2.61. The van der Waals surface area contributed by atoms with Crippen molar-refractivity contribution in [3.05, 3.63) is 46.4 Å². The number of benzene rings is 1. The maximum absolute atomic E-state index is 5.98. The van der Waals surface area contributed by atoms with Crippen molar-refractivity contribution >= 4 is 17.4 Å². The first-order valence-electron chi connectivity index (χ1n) is 5.77. The number of rotatable bonds is 4. The molecule has 3 N–H and O–H groups in total. The summed E-state index contributed by atoms with van der Waals surface area (Å²) in [6.45, 7) is 4.27. The Morgan fingerprint density at radius 3 is 2.42 bits per heavy atom. The number of nitrogens with two attached hydrogens (primary N) is 1. The van der Waals surface area contributed by atoms with Gasteiger partial charge in [-0.25, -0.2) is 10.8 Å². The van der Waals surface area contributed by atoms with Crippen LogP contribution >= 0.6 is 11.6 Å². The molecule has 0 radical (unpaired) electrons. The lowest BCUT2D eigenvalue weighted by molar-refractivity contribution is 0.296. The maximum Gasteiger partial charge on any atom is 0.158 e. The zero-order chi connectivity index (χ0) is 13.8. The number of nitrogens with zero attached hydrogens (tertiary/aromatic N) is 2. The van der Waals surface area contributed by atoms with E-state index in [1.54, 1.807) is 12.4 Å². The number of nitrogen functional groups attached to an aromatic ring is 1. The highest BCUT2D eigenvalue weighted by molar-refractivity contribution is 6.30. The van der Waals surface area contributed by atoms with E-state index in [-0.39, 0.29) is 0 Å². The second kappa shape index (κ2) is 5.86. The van der Waals surface area contributed by atoms with Gasteiger partial charge >= 0.3 is 0 Å². The minimum absolute atomic E-state index is 0.348. The fraction of sp³-hybridized carbons (Fsp3) is 0.231. The van der Waals surface area contributed by atoms with E-state index in [4.69, 9.17) is 22.2 Å². The number of halogens is 1. The Morgan fingerprint density at radius 1 is 1.21 bits per heavy atom. The van der Waals surface area contributed by atoms with Crippen molar-refractivity contribution in [1.82, 2.24) is 9.97 Å². The Balaban J connectivity index is 2.10. The normalized spacial score (nSPS) is 10.3. The molecule has 2 aromatic rings. The number of nitrogens with one attached hydrogen (secondary N) is 1. The van der Waals surface area contributed by atoms with Crippen LogP contribution in [-0.2, 0) is 6.61 Å². The van der Waals surface area contributed by atoms with Crippen molar-refractivity contribution in [3.63, 3.8) is 0 Å². The molecule has 6 heteroatoms. The SMILES string of the molecule is Cc1cc(Cl)cc(C)c1OCc1cnc(NN)cn1. The molecule has 0 atom stereocenters. The molecule has 0 bridgehead atoms. The Labute approximate surface area is 116 Å². The van der Waals surface area contributed by atoms with Gasteiger partial charge in [-0.3, -0.25) is 4.98 Å². The highest BCUT2D eigenvalue weighted by Crippen LogP contribution is 2.27. The Kier molecular flexibility index (Phi) is 4.19. The molecule has 100 valence electrons. The molecule has 2 rings (SSSR count). The average molecular weight is 279 g/mol. The summed E-state index contributed by atoms with van der Waals surface area (Å²) in [5.41, 5.74) is 5.15. The largest absolute Gasteiger partial charge is 0.487 e. The number of anilines is 1. The molecule has 0 amide bonds. The molecular weight excluding hydrogens is 264 g/mol. The van der Waals surface area contributed by atoms with Crippen molar-refractivity contribution in [2.75, 3.05) is 5.43 Å². The molecule has 0 aliphatic heterocycles. The van der Waals surface area contributed by atoms with Crippen LogP contribution in [0.4, 0.5) is 5.82 Å². The summed E-state index contributed by atoms with van der Waals surface area (Å²) in [5, 5.41) is 0.709. The molecule has 1 aromatic carbocycles. The lowest BCUT2D eigenvalue weighted by Crippen LogP contribution is -2.09. The Morgan fingerprint density at radius 2 is 1.89 bits per heavy atom. The van der Waals surface area contributed by atoms with E-state index in [0.29, 0.717) is 17.4 Å². The second-order valence-electron chi connectivity index (χ2n) is 4.19. The van der Waals surface area contributed by atoms with Crippen LogP contribution in [0.25, 0.3) is 0 Å². The molecule has 1 heterocycles. The smallest absolute Gasteiger partial charge is 0.158 e. The zero-order valence-corrected chi connectivity index (χ0v) is 11.5. The van der Waals surface area contributed by atoms with Crippen LogP contribution in [0.1, 0.15) is 16.8 Å². The van der Waals surface area contributed by atoms with Gasteiger partial charge < -0.3 is 10.2 Å². The van der Waals surface area contributed by atoms with Gasteiger partial charge in [-0.2, -0.15) is 0 Å². The topological polar surface area (TPSA) is 73.1 Å². The third-order valence-electron chi connectivity index (χ3n) is 2.64. The summed E-state index contributed by atoms with van der Waals surface area (Å²) in [6.07, 6.45) is 3.18. The van der Waals surface area contributed by atoms with E-state index >= 15 is 0 Å². The highest BCUT2D eigenvalue weighted by Gasteiger charge is 2.06. The minimum Gasteiger partial charge on any atom is -0.487 e. The maximum atomic E-state index is 5.98. The number of aromatic nitrogens is 2. The molecule has 1 aromatic heterocycles. The summed E-state index contributed by atoms with van der Waals surface area (Å²) >= 11 is 5.98. The molecule has 0 saturated heterocycles. The number of hydrogen-bond donors (Lipinski definition) is 2. The monoisotopic (exact) mass is 278 g/mol. The molecule has 0 aliphatic carbocycles. The van der Waals surface area contributed by atoms with E-state index in [1.165, 1.54) is 0 Å². The van der Waals surface area contributed by atoms with Crippen LogP contribution in [0.15, 0.2) is 24.5 Å². The Bertz CT molecular complexity index is 548. The average Bonchev–Trinajstić information content (AvgIpc) is 2.38. The van der Waals surface area contributed by atoms with Crippen molar-refractivity contribution in [1.29, 1.82) is 0 Å². The van der Waals surface area contributed by atoms with E-state index in [0.717, 1.165) is 22.6 Å². The molecule has 5 nitrogen and oxygen atoms in total. The summed E-state index contributed by atoms with van der Waals surface area (Å²) in [5.74, 6) is 6.56. The van der Waals surface area contributed by atoms with Crippen LogP contribution in [0.3, 0.4) is 0 Å². The summed E-state index contributed by atoms with van der Waals surface area (Å²) in [6, 6.07) is 3.74. The first-order chi connectivity index (χ1) is 9.10. The summed E-state index contributed by atoms with van der Waals surface area (Å²) in [4.78, 5) is 8.25. The zero-order valence-electron chi connectivity index (χ0n) is 10.8.